The van der Waals surface area contributed by atoms with E-state index in [1.54, 1.807) is 4.90 Å². The highest BCUT2D eigenvalue weighted by Crippen LogP contribution is 2.39. The van der Waals surface area contributed by atoms with E-state index in [0.717, 1.165) is 31.7 Å². The van der Waals surface area contributed by atoms with Gasteiger partial charge in [-0.15, -0.1) is 0 Å². The van der Waals surface area contributed by atoms with Crippen molar-refractivity contribution in [2.45, 2.75) is 57.9 Å². The van der Waals surface area contributed by atoms with Crippen molar-refractivity contribution in [2.75, 3.05) is 19.6 Å². The van der Waals surface area contributed by atoms with Crippen molar-refractivity contribution in [1.82, 2.24) is 9.80 Å². The second kappa shape index (κ2) is 6.47. The third-order valence-corrected chi connectivity index (χ3v) is 6.18. The number of carbonyl (C=O) groups excluding carboxylic acids is 2. The molecule has 5 nitrogen and oxygen atoms in total. The first-order valence-electron chi connectivity index (χ1n) is 8.92. The van der Waals surface area contributed by atoms with Crippen LogP contribution in [0.4, 0.5) is 4.79 Å². The Balaban J connectivity index is 1.63. The number of urea groups is 1. The Morgan fingerprint density at radius 1 is 0.955 bits per heavy atom. The van der Waals surface area contributed by atoms with Gasteiger partial charge in [0.1, 0.15) is 0 Å². The molecule has 0 aromatic carbocycles. The molecule has 0 bridgehead atoms. The normalized spacial score (nSPS) is 33.4. The van der Waals surface area contributed by atoms with Crippen LogP contribution in [-0.4, -0.2) is 47.4 Å². The predicted molar refractivity (Wildman–Crippen MR) is 85.1 cm³/mol. The molecule has 5 heteroatoms. The summed E-state index contributed by atoms with van der Waals surface area (Å²) in [5.41, 5.74) is 5.33. The molecule has 3 aliphatic rings. The van der Waals surface area contributed by atoms with Gasteiger partial charge in [0, 0.05) is 31.6 Å². The summed E-state index contributed by atoms with van der Waals surface area (Å²) in [5.74, 6) is 1.89. The second-order valence-electron chi connectivity index (χ2n) is 7.41. The van der Waals surface area contributed by atoms with Crippen LogP contribution in [0.5, 0.6) is 0 Å². The van der Waals surface area contributed by atoms with Crippen molar-refractivity contribution in [3.05, 3.63) is 0 Å². The molecule has 2 saturated heterocycles. The summed E-state index contributed by atoms with van der Waals surface area (Å²) in [6.45, 7) is 4.54. The number of hydrogen-bond acceptors (Lipinski definition) is 2. The number of primary amides is 1. The van der Waals surface area contributed by atoms with E-state index < -0.39 is 0 Å². The first kappa shape index (κ1) is 15.6. The molecule has 3 amide bonds. The SMILES string of the molecule is C[C@@H]1CCN(C(=O)C2CCN(C(N)=O)CC2)[C@H]2CCCC[C@@H]12. The lowest BCUT2D eigenvalue weighted by molar-refractivity contribution is -0.144. The average Bonchev–Trinajstić information content (AvgIpc) is 2.55. The zero-order valence-electron chi connectivity index (χ0n) is 13.7. The summed E-state index contributed by atoms with van der Waals surface area (Å²) < 4.78 is 0. The molecule has 3 rings (SSSR count). The molecule has 0 unspecified atom stereocenters. The molecule has 0 radical (unpaired) electrons. The highest BCUT2D eigenvalue weighted by Gasteiger charge is 2.41. The van der Waals surface area contributed by atoms with Crippen molar-refractivity contribution < 1.29 is 9.59 Å². The van der Waals surface area contributed by atoms with Crippen LogP contribution in [0.2, 0.25) is 0 Å². The van der Waals surface area contributed by atoms with Gasteiger partial charge in [0.15, 0.2) is 0 Å². The van der Waals surface area contributed by atoms with Gasteiger partial charge in [0.05, 0.1) is 0 Å². The molecule has 2 heterocycles. The van der Waals surface area contributed by atoms with Gasteiger partial charge in [-0.05, 0) is 43.9 Å². The van der Waals surface area contributed by atoms with Gasteiger partial charge in [-0.3, -0.25) is 4.79 Å². The van der Waals surface area contributed by atoms with Gasteiger partial charge >= 0.3 is 6.03 Å². The van der Waals surface area contributed by atoms with Gasteiger partial charge in [0.2, 0.25) is 5.91 Å². The number of hydrogen-bond donors (Lipinski definition) is 1. The van der Waals surface area contributed by atoms with E-state index in [2.05, 4.69) is 11.8 Å². The summed E-state index contributed by atoms with van der Waals surface area (Å²) in [7, 11) is 0. The number of likely N-dealkylation sites (tertiary alicyclic amines) is 2. The van der Waals surface area contributed by atoms with Gasteiger partial charge in [-0.25, -0.2) is 4.79 Å². The van der Waals surface area contributed by atoms with E-state index in [9.17, 15) is 9.59 Å². The minimum Gasteiger partial charge on any atom is -0.351 e. The fraction of sp³-hybridized carbons (Fsp3) is 0.882. The lowest BCUT2D eigenvalue weighted by Crippen LogP contribution is -2.55. The Morgan fingerprint density at radius 3 is 2.32 bits per heavy atom. The van der Waals surface area contributed by atoms with E-state index in [1.165, 1.54) is 25.7 Å². The minimum absolute atomic E-state index is 0.0894. The van der Waals surface area contributed by atoms with Crippen LogP contribution in [-0.2, 0) is 4.79 Å². The summed E-state index contributed by atoms with van der Waals surface area (Å²) in [6, 6.07) is 0.115. The van der Waals surface area contributed by atoms with Crippen molar-refractivity contribution in [3.8, 4) is 0 Å². The number of fused-ring (bicyclic) bond motifs is 1. The maximum absolute atomic E-state index is 13.0. The first-order valence-corrected chi connectivity index (χ1v) is 8.92. The van der Waals surface area contributed by atoms with Crippen LogP contribution < -0.4 is 5.73 Å². The molecule has 1 aliphatic carbocycles. The molecule has 2 N–H and O–H groups in total. The standard InChI is InChI=1S/C17H29N3O2/c1-12-6-11-20(15-5-3-2-4-14(12)15)16(21)13-7-9-19(10-8-13)17(18)22/h12-15H,2-11H2,1H3,(H2,18,22)/t12-,14+,15+/m1/s1. The first-order chi connectivity index (χ1) is 10.6. The molecule has 1 saturated carbocycles. The quantitative estimate of drug-likeness (QED) is 0.807. The molecule has 0 aromatic heterocycles. The number of nitrogens with two attached hydrogens (primary N) is 1. The molecule has 3 fully saturated rings. The van der Waals surface area contributed by atoms with Crippen LogP contribution >= 0.6 is 0 Å². The summed E-state index contributed by atoms with van der Waals surface area (Å²) in [5, 5.41) is 0. The van der Waals surface area contributed by atoms with Crippen molar-refractivity contribution in [1.29, 1.82) is 0 Å². The molecular formula is C17H29N3O2. The van der Waals surface area contributed by atoms with Crippen molar-refractivity contribution in [3.63, 3.8) is 0 Å². The maximum Gasteiger partial charge on any atom is 0.314 e. The summed E-state index contributed by atoms with van der Waals surface area (Å²) >= 11 is 0. The van der Waals surface area contributed by atoms with E-state index in [4.69, 9.17) is 5.73 Å². The van der Waals surface area contributed by atoms with Crippen LogP contribution in [0.25, 0.3) is 0 Å². The van der Waals surface area contributed by atoms with E-state index in [0.29, 0.717) is 31.0 Å². The highest BCUT2D eigenvalue weighted by molar-refractivity contribution is 5.80. The number of carbonyl (C=O) groups is 2. The highest BCUT2D eigenvalue weighted by atomic mass is 16.2. The third kappa shape index (κ3) is 2.95. The van der Waals surface area contributed by atoms with Gasteiger partial charge < -0.3 is 15.5 Å². The monoisotopic (exact) mass is 307 g/mol. The Kier molecular flexibility index (Phi) is 4.59. The fourth-order valence-electron chi connectivity index (χ4n) is 4.77. The lowest BCUT2D eigenvalue weighted by atomic mass is 9.72. The Bertz CT molecular complexity index is 432. The summed E-state index contributed by atoms with van der Waals surface area (Å²) in [4.78, 5) is 28.1. The average molecular weight is 307 g/mol. The molecule has 124 valence electrons. The maximum atomic E-state index is 13.0. The summed E-state index contributed by atoms with van der Waals surface area (Å²) in [6.07, 6.45) is 7.74. The lowest BCUT2D eigenvalue weighted by Gasteiger charge is -2.48. The number of piperidine rings is 2. The molecule has 3 atom stereocenters. The molecule has 2 aliphatic heterocycles. The van der Waals surface area contributed by atoms with Crippen LogP contribution in [0.3, 0.4) is 0 Å². The molecule has 22 heavy (non-hydrogen) atoms. The topological polar surface area (TPSA) is 66.6 Å². The van der Waals surface area contributed by atoms with E-state index in [-0.39, 0.29) is 11.9 Å². The van der Waals surface area contributed by atoms with E-state index >= 15 is 0 Å². The predicted octanol–water partition coefficient (Wildman–Crippen LogP) is 2.20. The minimum atomic E-state index is -0.356. The Labute approximate surface area is 133 Å². The number of nitrogens with zero attached hydrogens (tertiary/aromatic N) is 2. The zero-order valence-corrected chi connectivity index (χ0v) is 13.7. The van der Waals surface area contributed by atoms with Gasteiger partial charge in [-0.1, -0.05) is 19.8 Å². The van der Waals surface area contributed by atoms with Crippen LogP contribution in [0, 0.1) is 17.8 Å². The van der Waals surface area contributed by atoms with Gasteiger partial charge in [0.25, 0.3) is 0 Å². The number of amides is 3. The Morgan fingerprint density at radius 2 is 1.64 bits per heavy atom. The van der Waals surface area contributed by atoms with E-state index in [1.807, 2.05) is 0 Å². The van der Waals surface area contributed by atoms with Crippen LogP contribution in [0.1, 0.15) is 51.9 Å². The zero-order chi connectivity index (χ0) is 15.7. The fourth-order valence-corrected chi connectivity index (χ4v) is 4.77. The van der Waals surface area contributed by atoms with Crippen molar-refractivity contribution in [2.24, 2.45) is 23.5 Å². The van der Waals surface area contributed by atoms with Crippen LogP contribution in [0.15, 0.2) is 0 Å². The molecule has 0 aromatic rings. The largest absolute Gasteiger partial charge is 0.351 e. The van der Waals surface area contributed by atoms with Gasteiger partial charge in [-0.2, -0.15) is 0 Å². The second-order valence-corrected chi connectivity index (χ2v) is 7.41. The van der Waals surface area contributed by atoms with Crippen molar-refractivity contribution >= 4 is 11.9 Å². The Hall–Kier alpha value is -1.26. The number of rotatable bonds is 1. The molecular weight excluding hydrogens is 278 g/mol. The molecule has 0 spiro atoms. The smallest absolute Gasteiger partial charge is 0.314 e. The third-order valence-electron chi connectivity index (χ3n) is 6.18.